The van der Waals surface area contributed by atoms with Gasteiger partial charge in [0.25, 0.3) is 0 Å². The van der Waals surface area contributed by atoms with Gasteiger partial charge in [-0.05, 0) is 49.4 Å². The molecule has 3 heterocycles. The molecular weight excluding hydrogens is 348 g/mol. The predicted octanol–water partition coefficient (Wildman–Crippen LogP) is 3.40. The summed E-state index contributed by atoms with van der Waals surface area (Å²) in [5.41, 5.74) is 5.29. The van der Waals surface area contributed by atoms with Crippen molar-refractivity contribution in [3.63, 3.8) is 0 Å². The molecule has 1 aliphatic carbocycles. The molecule has 1 fully saturated rings. The molecule has 140 valence electrons. The number of aromatic amines is 1. The summed E-state index contributed by atoms with van der Waals surface area (Å²) in [6.07, 6.45) is 13.6. The summed E-state index contributed by atoms with van der Waals surface area (Å²) in [5, 5.41) is 13.6. The van der Waals surface area contributed by atoms with E-state index in [0.29, 0.717) is 12.0 Å². The van der Waals surface area contributed by atoms with Crippen LogP contribution in [0.15, 0.2) is 42.9 Å². The maximum atomic E-state index is 5.42. The fourth-order valence-corrected chi connectivity index (χ4v) is 4.25. The second kappa shape index (κ2) is 7.10. The van der Waals surface area contributed by atoms with Gasteiger partial charge in [-0.1, -0.05) is 23.3 Å². The van der Waals surface area contributed by atoms with Gasteiger partial charge in [-0.25, -0.2) is 9.50 Å². The van der Waals surface area contributed by atoms with Gasteiger partial charge >= 0.3 is 0 Å². The smallest absolute Gasteiger partial charge is 0.141 e. The highest BCUT2D eigenvalue weighted by Crippen LogP contribution is 2.35. The van der Waals surface area contributed by atoms with E-state index < -0.39 is 0 Å². The van der Waals surface area contributed by atoms with Gasteiger partial charge in [0.2, 0.25) is 0 Å². The molecule has 0 bridgehead atoms. The van der Waals surface area contributed by atoms with E-state index in [1.807, 2.05) is 18.3 Å². The highest BCUT2D eigenvalue weighted by molar-refractivity contribution is 5.92. The average Bonchev–Trinajstić information content (AvgIpc) is 3.39. The molecular formula is C22H22N6. The zero-order valence-corrected chi connectivity index (χ0v) is 15.6. The number of benzene rings is 1. The Morgan fingerprint density at radius 2 is 1.96 bits per heavy atom. The molecule has 28 heavy (non-hydrogen) atoms. The molecule has 0 atom stereocenters. The predicted molar refractivity (Wildman–Crippen MR) is 109 cm³/mol. The summed E-state index contributed by atoms with van der Waals surface area (Å²) in [4.78, 5) is 7.57. The van der Waals surface area contributed by atoms with Gasteiger partial charge in [0.1, 0.15) is 17.5 Å². The maximum Gasteiger partial charge on any atom is 0.141 e. The third-order valence-electron chi connectivity index (χ3n) is 5.83. The first-order chi connectivity index (χ1) is 13.8. The molecule has 6 heteroatoms. The third kappa shape index (κ3) is 3.04. The van der Waals surface area contributed by atoms with E-state index in [9.17, 15) is 0 Å². The summed E-state index contributed by atoms with van der Waals surface area (Å²) >= 11 is 0. The molecule has 5 rings (SSSR count). The maximum absolute atomic E-state index is 5.42. The molecule has 3 aromatic heterocycles. The molecule has 1 saturated carbocycles. The Morgan fingerprint density at radius 1 is 1.14 bits per heavy atom. The van der Waals surface area contributed by atoms with Gasteiger partial charge in [-0.2, -0.15) is 0 Å². The normalized spacial score (nSPS) is 19.8. The third-order valence-corrected chi connectivity index (χ3v) is 5.83. The number of rotatable bonds is 4. The summed E-state index contributed by atoms with van der Waals surface area (Å²) in [5.74, 6) is 3.11. The van der Waals surface area contributed by atoms with Crippen LogP contribution < -0.4 is 5.32 Å². The molecule has 0 radical (unpaired) electrons. The number of nitrogens with zero attached hydrogens (tertiary/aromatic N) is 4. The Morgan fingerprint density at radius 3 is 2.75 bits per heavy atom. The second-order valence-electron chi connectivity index (χ2n) is 7.52. The van der Waals surface area contributed by atoms with Gasteiger partial charge in [-0.15, -0.1) is 11.5 Å². The van der Waals surface area contributed by atoms with Crippen LogP contribution in [0, 0.1) is 12.3 Å². The van der Waals surface area contributed by atoms with Gasteiger partial charge in [0.05, 0.1) is 5.69 Å². The molecule has 6 nitrogen and oxygen atoms in total. The Kier molecular flexibility index (Phi) is 4.30. The largest absolute Gasteiger partial charge is 0.346 e. The first kappa shape index (κ1) is 17.0. The monoisotopic (exact) mass is 370 g/mol. The number of terminal acetylenes is 1. The fourth-order valence-electron chi connectivity index (χ4n) is 4.25. The average molecular weight is 370 g/mol. The number of nitrogens with one attached hydrogen (secondary N) is 2. The van der Waals surface area contributed by atoms with E-state index in [-0.39, 0.29) is 0 Å². The second-order valence-corrected chi connectivity index (χ2v) is 7.52. The Labute approximate surface area is 163 Å². The molecule has 0 amide bonds. The molecule has 1 aliphatic rings. The number of fused-ring (bicyclic) bond motifs is 3. The molecule has 2 N–H and O–H groups in total. The van der Waals surface area contributed by atoms with Crippen LogP contribution in [0.3, 0.4) is 0 Å². The van der Waals surface area contributed by atoms with Crippen molar-refractivity contribution in [3.05, 3.63) is 59.7 Å². The first-order valence-corrected chi connectivity index (χ1v) is 9.78. The van der Waals surface area contributed by atoms with Crippen molar-refractivity contribution in [3.8, 4) is 12.3 Å². The Bertz CT molecular complexity index is 1140. The van der Waals surface area contributed by atoms with Crippen LogP contribution in [0.1, 0.15) is 48.4 Å². The number of H-pyrrole nitrogens is 1. The van der Waals surface area contributed by atoms with Crippen molar-refractivity contribution in [2.24, 2.45) is 0 Å². The van der Waals surface area contributed by atoms with Gasteiger partial charge in [0.15, 0.2) is 0 Å². The topological polar surface area (TPSA) is 70.9 Å². The zero-order chi connectivity index (χ0) is 18.9. The van der Waals surface area contributed by atoms with E-state index in [1.54, 1.807) is 10.8 Å². The molecule has 4 aromatic rings. The highest BCUT2D eigenvalue weighted by Gasteiger charge is 2.26. The summed E-state index contributed by atoms with van der Waals surface area (Å²) in [7, 11) is 0. The molecule has 0 unspecified atom stereocenters. The molecule has 1 aromatic carbocycles. The van der Waals surface area contributed by atoms with E-state index in [2.05, 4.69) is 49.7 Å². The van der Waals surface area contributed by atoms with Crippen LogP contribution in [0.25, 0.3) is 16.6 Å². The lowest BCUT2D eigenvalue weighted by Gasteiger charge is -2.28. The number of hydrogen-bond donors (Lipinski definition) is 2. The van der Waals surface area contributed by atoms with Crippen molar-refractivity contribution in [2.75, 3.05) is 0 Å². The lowest BCUT2D eigenvalue weighted by Crippen LogP contribution is -2.32. The number of hydrogen-bond acceptors (Lipinski definition) is 4. The molecule has 0 aliphatic heterocycles. The Hall–Kier alpha value is -3.17. The zero-order valence-electron chi connectivity index (χ0n) is 15.6. The minimum absolute atomic E-state index is 0.450. The van der Waals surface area contributed by atoms with Gasteiger partial charge in [0, 0.05) is 35.7 Å². The Balaban J connectivity index is 1.25. The van der Waals surface area contributed by atoms with Gasteiger partial charge in [-0.3, -0.25) is 0 Å². The van der Waals surface area contributed by atoms with Crippen LogP contribution in [0.2, 0.25) is 0 Å². The van der Waals surface area contributed by atoms with Crippen molar-refractivity contribution in [1.29, 1.82) is 0 Å². The van der Waals surface area contributed by atoms with E-state index >= 15 is 0 Å². The lowest BCUT2D eigenvalue weighted by atomic mass is 9.83. The number of aromatic nitrogens is 5. The van der Waals surface area contributed by atoms with Crippen molar-refractivity contribution < 1.29 is 0 Å². The fraction of sp³-hybridized carbons (Fsp3) is 0.318. The van der Waals surface area contributed by atoms with Crippen molar-refractivity contribution in [1.82, 2.24) is 30.1 Å². The first-order valence-electron chi connectivity index (χ1n) is 9.78. The standard InChI is InChI=1S/C22H22N6/c1-2-15-3-5-16(6-4-15)13-24-18-9-7-17(8-10-18)20-21-19-11-12-23-22(19)25-14-28(21)27-26-20/h1,3-6,11-12,14,17-18,23-24H,7-10,13H2. The van der Waals surface area contributed by atoms with Crippen LogP contribution in [-0.4, -0.2) is 30.8 Å². The molecule has 0 spiro atoms. The SMILES string of the molecule is C#Cc1ccc(CNC2CCC(c3nnn4cnc5[nH]ccc5c34)CC2)cc1. The lowest BCUT2D eigenvalue weighted by molar-refractivity contribution is 0.339. The van der Waals surface area contributed by atoms with Crippen LogP contribution in [-0.2, 0) is 6.54 Å². The summed E-state index contributed by atoms with van der Waals surface area (Å²) in [6, 6.07) is 10.8. The summed E-state index contributed by atoms with van der Waals surface area (Å²) in [6.45, 7) is 0.880. The van der Waals surface area contributed by atoms with Gasteiger partial charge < -0.3 is 10.3 Å². The quantitative estimate of drug-likeness (QED) is 0.540. The summed E-state index contributed by atoms with van der Waals surface area (Å²) < 4.78 is 1.80. The van der Waals surface area contributed by atoms with Crippen molar-refractivity contribution >= 4 is 16.6 Å². The van der Waals surface area contributed by atoms with Crippen LogP contribution in [0.5, 0.6) is 0 Å². The minimum Gasteiger partial charge on any atom is -0.346 e. The highest BCUT2D eigenvalue weighted by atomic mass is 15.4. The molecule has 0 saturated heterocycles. The van der Waals surface area contributed by atoms with E-state index in [4.69, 9.17) is 6.42 Å². The van der Waals surface area contributed by atoms with E-state index in [1.165, 1.54) is 5.56 Å². The minimum atomic E-state index is 0.450. The van der Waals surface area contributed by atoms with Crippen LogP contribution >= 0.6 is 0 Å². The van der Waals surface area contributed by atoms with Crippen LogP contribution in [0.4, 0.5) is 0 Å². The van der Waals surface area contributed by atoms with Crippen molar-refractivity contribution in [2.45, 2.75) is 44.2 Å². The van der Waals surface area contributed by atoms with E-state index in [0.717, 1.165) is 60.0 Å².